The lowest BCUT2D eigenvalue weighted by atomic mass is 10.0. The van der Waals surface area contributed by atoms with Crippen molar-refractivity contribution in [1.82, 2.24) is 15.0 Å². The van der Waals surface area contributed by atoms with E-state index in [0.717, 1.165) is 5.69 Å². The monoisotopic (exact) mass is 400 g/mol. The van der Waals surface area contributed by atoms with Crippen LogP contribution >= 0.6 is 11.6 Å². The van der Waals surface area contributed by atoms with Crippen LogP contribution in [0.3, 0.4) is 0 Å². The first kappa shape index (κ1) is 19.8. The third kappa shape index (κ3) is 4.14. The molecule has 0 bridgehead atoms. The number of nitrogens with one attached hydrogen (secondary N) is 1. The number of halogens is 1. The Hall–Kier alpha value is -2.93. The van der Waals surface area contributed by atoms with Crippen molar-refractivity contribution in [3.63, 3.8) is 0 Å². The van der Waals surface area contributed by atoms with E-state index in [0.29, 0.717) is 33.1 Å². The fourth-order valence-corrected chi connectivity index (χ4v) is 3.03. The van der Waals surface area contributed by atoms with Gasteiger partial charge in [0, 0.05) is 23.5 Å². The van der Waals surface area contributed by atoms with Crippen LogP contribution in [0.25, 0.3) is 11.1 Å². The summed E-state index contributed by atoms with van der Waals surface area (Å²) in [5.41, 5.74) is 2.62. The number of benzene rings is 1. The summed E-state index contributed by atoms with van der Waals surface area (Å²) in [6, 6.07) is 8.57. The average Bonchev–Trinajstić information content (AvgIpc) is 3.01. The third-order valence-electron chi connectivity index (χ3n) is 4.29. The molecule has 0 atom stereocenters. The van der Waals surface area contributed by atoms with Crippen molar-refractivity contribution in [2.45, 2.75) is 26.7 Å². The molecule has 1 aromatic carbocycles. The number of pyridine rings is 1. The van der Waals surface area contributed by atoms with Crippen LogP contribution < -0.4 is 5.32 Å². The van der Waals surface area contributed by atoms with Gasteiger partial charge in [0.2, 0.25) is 5.91 Å². The largest absolute Gasteiger partial charge is 0.336 e. The minimum absolute atomic E-state index is 0.109. The Morgan fingerprint density at radius 2 is 2.04 bits per heavy atom. The van der Waals surface area contributed by atoms with E-state index in [2.05, 4.69) is 15.5 Å². The Morgan fingerprint density at radius 3 is 2.71 bits per heavy atom. The summed E-state index contributed by atoms with van der Waals surface area (Å²) < 4.78 is 5.26. The molecule has 7 nitrogen and oxygen atoms in total. The van der Waals surface area contributed by atoms with Crippen molar-refractivity contribution >= 4 is 40.2 Å². The van der Waals surface area contributed by atoms with E-state index in [9.17, 15) is 9.59 Å². The Balaban J connectivity index is 1.83. The molecule has 3 rings (SSSR count). The van der Waals surface area contributed by atoms with Gasteiger partial charge in [-0.2, -0.15) is 0 Å². The Morgan fingerprint density at radius 1 is 1.29 bits per heavy atom. The molecule has 0 saturated heterocycles. The second kappa shape index (κ2) is 7.98. The number of hydrogen-bond donors (Lipinski definition) is 1. The third-order valence-corrected chi connectivity index (χ3v) is 4.53. The molecule has 0 fully saturated rings. The summed E-state index contributed by atoms with van der Waals surface area (Å²) >= 11 is 5.93. The number of anilines is 1. The van der Waals surface area contributed by atoms with E-state index in [1.54, 1.807) is 44.3 Å². The molecule has 0 spiro atoms. The zero-order valence-corrected chi connectivity index (χ0v) is 16.9. The normalized spacial score (nSPS) is 11.1. The summed E-state index contributed by atoms with van der Waals surface area (Å²) in [6.45, 7) is 5.60. The lowest BCUT2D eigenvalue weighted by molar-refractivity contribution is -0.116. The minimum atomic E-state index is -0.324. The van der Waals surface area contributed by atoms with Crippen LogP contribution in [0.15, 0.2) is 34.9 Å². The standard InChI is InChI=1S/C20H21ClN4O3/c1-11(2)16-9-15(18-12(3)24-28-19(18)23-16)20(27)25(4)10-17(26)22-14-7-5-6-13(21)8-14/h5-9,11H,10H2,1-4H3,(H,22,26). The van der Waals surface area contributed by atoms with Gasteiger partial charge in [-0.1, -0.05) is 36.7 Å². The van der Waals surface area contributed by atoms with Gasteiger partial charge in [0.15, 0.2) is 0 Å². The van der Waals surface area contributed by atoms with Gasteiger partial charge in [-0.3, -0.25) is 9.59 Å². The Labute approximate surface area is 167 Å². The summed E-state index contributed by atoms with van der Waals surface area (Å²) in [5.74, 6) is -0.519. The minimum Gasteiger partial charge on any atom is -0.336 e. The van der Waals surface area contributed by atoms with Crippen LogP contribution in [-0.4, -0.2) is 40.4 Å². The van der Waals surface area contributed by atoms with Gasteiger partial charge in [-0.25, -0.2) is 4.98 Å². The highest BCUT2D eigenvalue weighted by Gasteiger charge is 2.23. The number of likely N-dealkylation sites (N-methyl/N-ethyl adjacent to an activating group) is 1. The van der Waals surface area contributed by atoms with Crippen LogP contribution in [0.2, 0.25) is 5.02 Å². The molecule has 2 aromatic heterocycles. The maximum Gasteiger partial charge on any atom is 0.259 e. The van der Waals surface area contributed by atoms with Crippen LogP contribution in [0.1, 0.15) is 41.5 Å². The molecule has 2 amide bonds. The van der Waals surface area contributed by atoms with Crippen LogP contribution in [0.4, 0.5) is 5.69 Å². The highest BCUT2D eigenvalue weighted by atomic mass is 35.5. The van der Waals surface area contributed by atoms with Crippen molar-refractivity contribution in [2.75, 3.05) is 18.9 Å². The fraction of sp³-hybridized carbons (Fsp3) is 0.300. The molecule has 28 heavy (non-hydrogen) atoms. The number of nitrogens with zero attached hydrogens (tertiary/aromatic N) is 3. The lowest BCUT2D eigenvalue weighted by Crippen LogP contribution is -2.35. The number of aryl methyl sites for hydroxylation is 1. The topological polar surface area (TPSA) is 88.3 Å². The molecule has 0 unspecified atom stereocenters. The number of rotatable bonds is 5. The highest BCUT2D eigenvalue weighted by Crippen LogP contribution is 2.26. The number of fused-ring (bicyclic) bond motifs is 1. The van der Waals surface area contributed by atoms with E-state index in [4.69, 9.17) is 16.1 Å². The van der Waals surface area contributed by atoms with Gasteiger partial charge in [0.05, 0.1) is 23.2 Å². The van der Waals surface area contributed by atoms with Gasteiger partial charge >= 0.3 is 0 Å². The summed E-state index contributed by atoms with van der Waals surface area (Å²) in [6.07, 6.45) is 0. The number of aromatic nitrogens is 2. The fourth-order valence-electron chi connectivity index (χ4n) is 2.84. The number of carbonyl (C=O) groups is 2. The molecule has 0 aliphatic heterocycles. The molecule has 0 aliphatic rings. The molecule has 1 N–H and O–H groups in total. The highest BCUT2D eigenvalue weighted by molar-refractivity contribution is 6.30. The number of hydrogen-bond acceptors (Lipinski definition) is 5. The smallest absolute Gasteiger partial charge is 0.259 e. The zero-order chi connectivity index (χ0) is 20.4. The molecule has 0 aliphatic carbocycles. The molecule has 2 heterocycles. The van der Waals surface area contributed by atoms with Gasteiger partial charge in [-0.05, 0) is 37.1 Å². The number of carbonyl (C=O) groups excluding carboxylic acids is 2. The second-order valence-electron chi connectivity index (χ2n) is 6.92. The van der Waals surface area contributed by atoms with E-state index >= 15 is 0 Å². The molecule has 0 saturated carbocycles. The first-order valence-electron chi connectivity index (χ1n) is 8.84. The van der Waals surface area contributed by atoms with Crippen LogP contribution in [0, 0.1) is 6.92 Å². The quantitative estimate of drug-likeness (QED) is 0.698. The van der Waals surface area contributed by atoms with E-state index in [1.807, 2.05) is 13.8 Å². The van der Waals surface area contributed by atoms with Crippen molar-refractivity contribution < 1.29 is 14.1 Å². The van der Waals surface area contributed by atoms with E-state index in [-0.39, 0.29) is 24.3 Å². The predicted octanol–water partition coefficient (Wildman–Crippen LogP) is 4.02. The van der Waals surface area contributed by atoms with Crippen LogP contribution in [0.5, 0.6) is 0 Å². The number of amides is 2. The predicted molar refractivity (Wildman–Crippen MR) is 108 cm³/mol. The average molecular weight is 401 g/mol. The second-order valence-corrected chi connectivity index (χ2v) is 7.35. The van der Waals surface area contributed by atoms with Gasteiger partial charge < -0.3 is 14.7 Å². The molecule has 3 aromatic rings. The van der Waals surface area contributed by atoms with E-state index < -0.39 is 0 Å². The first-order valence-corrected chi connectivity index (χ1v) is 9.22. The van der Waals surface area contributed by atoms with Crippen LogP contribution in [-0.2, 0) is 4.79 Å². The molecular weight excluding hydrogens is 380 g/mol. The first-order chi connectivity index (χ1) is 13.3. The summed E-state index contributed by atoms with van der Waals surface area (Å²) in [7, 11) is 1.57. The van der Waals surface area contributed by atoms with E-state index in [1.165, 1.54) is 4.90 Å². The van der Waals surface area contributed by atoms with Gasteiger partial charge in [0.1, 0.15) is 0 Å². The maximum absolute atomic E-state index is 13.1. The van der Waals surface area contributed by atoms with Gasteiger partial charge in [0.25, 0.3) is 11.6 Å². The summed E-state index contributed by atoms with van der Waals surface area (Å²) in [5, 5.41) is 7.74. The van der Waals surface area contributed by atoms with Crippen molar-refractivity contribution in [2.24, 2.45) is 0 Å². The zero-order valence-electron chi connectivity index (χ0n) is 16.1. The molecule has 146 valence electrons. The maximum atomic E-state index is 13.1. The lowest BCUT2D eigenvalue weighted by Gasteiger charge is -2.18. The molecule has 0 radical (unpaired) electrons. The SMILES string of the molecule is Cc1noc2nc(C(C)C)cc(C(=O)N(C)CC(=O)Nc3cccc(Cl)c3)c12. The van der Waals surface area contributed by atoms with Crippen molar-refractivity contribution in [3.8, 4) is 0 Å². The molecule has 8 heteroatoms. The molecular formula is C20H21ClN4O3. The Bertz CT molecular complexity index is 1050. The Kier molecular flexibility index (Phi) is 5.65. The van der Waals surface area contributed by atoms with Gasteiger partial charge in [-0.15, -0.1) is 0 Å². The van der Waals surface area contributed by atoms with Crippen molar-refractivity contribution in [1.29, 1.82) is 0 Å². The van der Waals surface area contributed by atoms with Crippen molar-refractivity contribution in [3.05, 3.63) is 52.3 Å². The summed E-state index contributed by atoms with van der Waals surface area (Å²) in [4.78, 5) is 31.2.